The van der Waals surface area contributed by atoms with Crippen LogP contribution in [-0.2, 0) is 0 Å². The Morgan fingerprint density at radius 1 is 0.905 bits per heavy atom. The molecule has 0 fully saturated rings. The molecule has 0 aliphatic rings. The normalized spacial score (nSPS) is 9.81. The molecule has 108 valence electrons. The Morgan fingerprint density at radius 3 is 1.90 bits per heavy atom. The lowest BCUT2D eigenvalue weighted by atomic mass is 10.2. The summed E-state index contributed by atoms with van der Waals surface area (Å²) in [6, 6.07) is 12.0. The van der Waals surface area contributed by atoms with E-state index in [1.54, 1.807) is 12.1 Å². The molecule has 0 bridgehead atoms. The summed E-state index contributed by atoms with van der Waals surface area (Å²) in [5.41, 5.74) is 0.231. The highest BCUT2D eigenvalue weighted by Crippen LogP contribution is 2.22. The van der Waals surface area contributed by atoms with E-state index in [0.717, 1.165) is 0 Å². The van der Waals surface area contributed by atoms with Crippen LogP contribution in [-0.4, -0.2) is 30.9 Å². The van der Waals surface area contributed by atoms with Gasteiger partial charge in [0, 0.05) is 26.2 Å². The summed E-state index contributed by atoms with van der Waals surface area (Å²) in [6.07, 6.45) is 0. The first-order valence-electron chi connectivity index (χ1n) is 6.33. The van der Waals surface area contributed by atoms with Gasteiger partial charge in [0.05, 0.1) is 0 Å². The molecule has 6 nitrogen and oxygen atoms in total. The summed E-state index contributed by atoms with van der Waals surface area (Å²) >= 11 is 0. The third-order valence-corrected chi connectivity index (χ3v) is 2.70. The molecule has 2 amide bonds. The van der Waals surface area contributed by atoms with Crippen LogP contribution < -0.4 is 15.4 Å². The van der Waals surface area contributed by atoms with Crippen molar-refractivity contribution in [2.75, 3.05) is 14.1 Å². The molecule has 0 aliphatic heterocycles. The lowest BCUT2D eigenvalue weighted by Crippen LogP contribution is -2.23. The summed E-state index contributed by atoms with van der Waals surface area (Å²) in [6.45, 7) is 0. The van der Waals surface area contributed by atoms with Gasteiger partial charge < -0.3 is 15.4 Å². The monoisotopic (exact) mass is 285 g/mol. The van der Waals surface area contributed by atoms with Gasteiger partial charge in [0.1, 0.15) is 22.9 Å². The van der Waals surface area contributed by atoms with Crippen LogP contribution in [0.1, 0.15) is 21.0 Å². The molecule has 2 aromatic rings. The van der Waals surface area contributed by atoms with Crippen molar-refractivity contribution in [3.63, 3.8) is 0 Å². The molecule has 1 aromatic carbocycles. The van der Waals surface area contributed by atoms with Gasteiger partial charge in [-0.1, -0.05) is 18.2 Å². The first-order chi connectivity index (χ1) is 10.1. The number of amides is 2. The average Bonchev–Trinajstić information content (AvgIpc) is 2.53. The zero-order valence-electron chi connectivity index (χ0n) is 11.7. The van der Waals surface area contributed by atoms with Crippen LogP contribution in [0.3, 0.4) is 0 Å². The lowest BCUT2D eigenvalue weighted by Gasteiger charge is -2.09. The molecule has 0 atom stereocenters. The molecular weight excluding hydrogens is 270 g/mol. The van der Waals surface area contributed by atoms with Gasteiger partial charge in [-0.05, 0) is 12.1 Å². The number of benzene rings is 1. The van der Waals surface area contributed by atoms with Crippen molar-refractivity contribution >= 4 is 11.8 Å². The number of nitrogens with zero attached hydrogens (tertiary/aromatic N) is 1. The number of carbonyl (C=O) groups excluding carboxylic acids is 2. The first kappa shape index (κ1) is 14.5. The number of ether oxygens (including phenoxy) is 1. The third-order valence-electron chi connectivity index (χ3n) is 2.70. The van der Waals surface area contributed by atoms with E-state index in [4.69, 9.17) is 4.74 Å². The predicted octanol–water partition coefficient (Wildman–Crippen LogP) is 1.59. The highest BCUT2D eigenvalue weighted by atomic mass is 16.5. The van der Waals surface area contributed by atoms with Crippen molar-refractivity contribution in [2.24, 2.45) is 0 Å². The second-order valence-corrected chi connectivity index (χ2v) is 4.15. The second-order valence-electron chi connectivity index (χ2n) is 4.15. The van der Waals surface area contributed by atoms with Crippen LogP contribution in [0.25, 0.3) is 0 Å². The molecule has 0 aliphatic carbocycles. The highest BCUT2D eigenvalue weighted by molar-refractivity contribution is 5.96. The maximum Gasteiger partial charge on any atom is 0.269 e. The molecule has 0 radical (unpaired) electrons. The first-order valence-corrected chi connectivity index (χ1v) is 6.33. The quantitative estimate of drug-likeness (QED) is 0.894. The molecule has 0 unspecified atom stereocenters. The molecule has 6 heteroatoms. The number of aromatic nitrogens is 1. The number of hydrogen-bond acceptors (Lipinski definition) is 4. The molecule has 2 N–H and O–H groups in total. The zero-order chi connectivity index (χ0) is 15.2. The Bertz CT molecular complexity index is 622. The molecule has 21 heavy (non-hydrogen) atoms. The summed E-state index contributed by atoms with van der Waals surface area (Å²) in [5, 5.41) is 4.94. The number of rotatable bonds is 4. The largest absolute Gasteiger partial charge is 0.457 e. The lowest BCUT2D eigenvalue weighted by molar-refractivity contribution is 0.0953. The summed E-state index contributed by atoms with van der Waals surface area (Å²) in [7, 11) is 2.99. The number of pyridine rings is 1. The number of nitrogens with one attached hydrogen (secondary N) is 2. The molecule has 2 rings (SSSR count). The van der Waals surface area contributed by atoms with Crippen molar-refractivity contribution in [3.8, 4) is 11.5 Å². The van der Waals surface area contributed by atoms with Crippen LogP contribution in [0.4, 0.5) is 0 Å². The van der Waals surface area contributed by atoms with Gasteiger partial charge in [-0.3, -0.25) is 9.59 Å². The van der Waals surface area contributed by atoms with E-state index in [-0.39, 0.29) is 11.4 Å². The Balaban J connectivity index is 2.39. The SMILES string of the molecule is CNC(=O)c1cc(Oc2ccccc2)cc(C(=O)NC)n1. The van der Waals surface area contributed by atoms with E-state index in [0.29, 0.717) is 11.5 Å². The fourth-order valence-electron chi connectivity index (χ4n) is 1.68. The zero-order valence-corrected chi connectivity index (χ0v) is 11.7. The van der Waals surface area contributed by atoms with Crippen molar-refractivity contribution in [2.45, 2.75) is 0 Å². The Hall–Kier alpha value is -2.89. The molecule has 0 spiro atoms. The van der Waals surface area contributed by atoms with Crippen molar-refractivity contribution in [1.29, 1.82) is 0 Å². The number of carbonyl (C=O) groups is 2. The van der Waals surface area contributed by atoms with Gasteiger partial charge >= 0.3 is 0 Å². The van der Waals surface area contributed by atoms with Gasteiger partial charge in [0.25, 0.3) is 11.8 Å². The van der Waals surface area contributed by atoms with Crippen molar-refractivity contribution < 1.29 is 14.3 Å². The van der Waals surface area contributed by atoms with Crippen LogP contribution in [0.5, 0.6) is 11.5 Å². The molecule has 1 heterocycles. The summed E-state index contributed by atoms with van der Waals surface area (Å²) in [5.74, 6) is 0.195. The minimum atomic E-state index is -0.390. The second kappa shape index (κ2) is 6.51. The van der Waals surface area contributed by atoms with Gasteiger partial charge in [-0.25, -0.2) is 4.98 Å². The van der Waals surface area contributed by atoms with Crippen molar-refractivity contribution in [1.82, 2.24) is 15.6 Å². The highest BCUT2D eigenvalue weighted by Gasteiger charge is 2.14. The average molecular weight is 285 g/mol. The fourth-order valence-corrected chi connectivity index (χ4v) is 1.68. The molecular formula is C15H15N3O3. The van der Waals surface area contributed by atoms with E-state index < -0.39 is 11.8 Å². The maximum atomic E-state index is 11.7. The Kier molecular flexibility index (Phi) is 4.50. The molecule has 0 saturated carbocycles. The Morgan fingerprint density at radius 2 is 1.43 bits per heavy atom. The minimum Gasteiger partial charge on any atom is -0.457 e. The minimum absolute atomic E-state index is 0.115. The van der Waals surface area contributed by atoms with Gasteiger partial charge in [0.2, 0.25) is 0 Å². The van der Waals surface area contributed by atoms with E-state index in [1.165, 1.54) is 26.2 Å². The summed E-state index contributed by atoms with van der Waals surface area (Å²) in [4.78, 5) is 27.5. The maximum absolute atomic E-state index is 11.7. The smallest absolute Gasteiger partial charge is 0.269 e. The van der Waals surface area contributed by atoms with Gasteiger partial charge in [-0.15, -0.1) is 0 Å². The third kappa shape index (κ3) is 3.56. The van der Waals surface area contributed by atoms with E-state index in [9.17, 15) is 9.59 Å². The van der Waals surface area contributed by atoms with E-state index >= 15 is 0 Å². The van der Waals surface area contributed by atoms with E-state index in [1.807, 2.05) is 18.2 Å². The molecule has 0 saturated heterocycles. The predicted molar refractivity (Wildman–Crippen MR) is 77.5 cm³/mol. The van der Waals surface area contributed by atoms with Crippen LogP contribution >= 0.6 is 0 Å². The van der Waals surface area contributed by atoms with Crippen molar-refractivity contribution in [3.05, 3.63) is 53.9 Å². The summed E-state index contributed by atoms with van der Waals surface area (Å²) < 4.78 is 5.65. The van der Waals surface area contributed by atoms with Crippen LogP contribution in [0, 0.1) is 0 Å². The van der Waals surface area contributed by atoms with Gasteiger partial charge in [0.15, 0.2) is 0 Å². The topological polar surface area (TPSA) is 80.3 Å². The number of hydrogen-bond donors (Lipinski definition) is 2. The van der Waals surface area contributed by atoms with Crippen LogP contribution in [0.15, 0.2) is 42.5 Å². The fraction of sp³-hybridized carbons (Fsp3) is 0.133. The van der Waals surface area contributed by atoms with Crippen LogP contribution in [0.2, 0.25) is 0 Å². The Labute approximate surface area is 122 Å². The van der Waals surface area contributed by atoms with Gasteiger partial charge in [-0.2, -0.15) is 0 Å². The number of para-hydroxylation sites is 1. The van der Waals surface area contributed by atoms with E-state index in [2.05, 4.69) is 15.6 Å². The standard InChI is InChI=1S/C15H15N3O3/c1-16-14(19)12-8-11(9-13(18-12)15(20)17-2)21-10-6-4-3-5-7-10/h3-9H,1-2H3,(H,16,19)(H,17,20). The molecule has 1 aromatic heterocycles.